The van der Waals surface area contributed by atoms with Gasteiger partial charge in [-0.05, 0) is 41.8 Å². The first kappa shape index (κ1) is 16.4. The lowest BCUT2D eigenvalue weighted by atomic mass is 9.90. The molecule has 0 saturated heterocycles. The number of benzene rings is 1. The van der Waals surface area contributed by atoms with Crippen LogP contribution in [0.15, 0.2) is 47.6 Å². The number of nitrogens with zero attached hydrogens (tertiary/aromatic N) is 2. The van der Waals surface area contributed by atoms with Crippen molar-refractivity contribution >= 4 is 23.9 Å². The zero-order chi connectivity index (χ0) is 17.0. The highest BCUT2D eigenvalue weighted by Gasteiger charge is 2.31. The molecule has 1 aromatic heterocycles. The monoisotopic (exact) mass is 345 g/mol. The van der Waals surface area contributed by atoms with Crippen molar-refractivity contribution in [3.05, 3.63) is 53.3 Å². The normalized spacial score (nSPS) is 20.2. The number of nitrogens with one attached hydrogen (secondary N) is 1. The van der Waals surface area contributed by atoms with Crippen molar-refractivity contribution in [2.75, 3.05) is 13.2 Å². The minimum absolute atomic E-state index is 0.267. The van der Waals surface area contributed by atoms with E-state index in [0.717, 1.165) is 16.7 Å². The average Bonchev–Trinajstić information content (AvgIpc) is 2.60. The number of pyridine rings is 1. The Hall–Kier alpha value is -2.44. The smallest absolute Gasteiger partial charge is 0.320 e. The molecule has 3 rings (SSSR count). The first-order valence-electron chi connectivity index (χ1n) is 7.35. The number of rotatable bonds is 4. The first-order chi connectivity index (χ1) is 11.6. The second kappa shape index (κ2) is 6.98. The molecule has 1 unspecified atom stereocenters. The Balaban J connectivity index is 1.94. The SMILES string of the molecule is CC1(c2cccc(-c3ccnc(Cl)c3)c2)COCC(NOC=O)=N1. The van der Waals surface area contributed by atoms with Gasteiger partial charge in [-0.3, -0.25) is 9.79 Å². The number of ether oxygens (including phenoxy) is 1. The Morgan fingerprint density at radius 1 is 1.33 bits per heavy atom. The highest BCUT2D eigenvalue weighted by atomic mass is 35.5. The average molecular weight is 346 g/mol. The third kappa shape index (κ3) is 3.55. The van der Waals surface area contributed by atoms with Crippen LogP contribution in [0.25, 0.3) is 11.1 Å². The van der Waals surface area contributed by atoms with E-state index in [2.05, 4.69) is 20.3 Å². The van der Waals surface area contributed by atoms with E-state index in [-0.39, 0.29) is 6.61 Å². The number of amidine groups is 1. The maximum absolute atomic E-state index is 10.3. The lowest BCUT2D eigenvalue weighted by Gasteiger charge is -2.31. The zero-order valence-electron chi connectivity index (χ0n) is 13.0. The van der Waals surface area contributed by atoms with E-state index >= 15 is 0 Å². The highest BCUT2D eigenvalue weighted by molar-refractivity contribution is 6.29. The number of hydrogen-bond donors (Lipinski definition) is 1. The molecule has 0 radical (unpaired) electrons. The summed E-state index contributed by atoms with van der Waals surface area (Å²) in [5.41, 5.74) is 4.87. The van der Waals surface area contributed by atoms with E-state index in [9.17, 15) is 4.79 Å². The summed E-state index contributed by atoms with van der Waals surface area (Å²) in [6.07, 6.45) is 1.67. The van der Waals surface area contributed by atoms with Crippen molar-refractivity contribution in [3.63, 3.8) is 0 Å². The minimum Gasteiger partial charge on any atom is -0.371 e. The zero-order valence-corrected chi connectivity index (χ0v) is 13.8. The fourth-order valence-corrected chi connectivity index (χ4v) is 2.79. The van der Waals surface area contributed by atoms with Crippen LogP contribution in [0, 0.1) is 0 Å². The van der Waals surface area contributed by atoms with Gasteiger partial charge in [0.2, 0.25) is 0 Å². The van der Waals surface area contributed by atoms with Crippen LogP contribution in [0.5, 0.6) is 0 Å². The van der Waals surface area contributed by atoms with Crippen LogP contribution in [0.4, 0.5) is 0 Å². The van der Waals surface area contributed by atoms with Gasteiger partial charge in [0, 0.05) is 6.20 Å². The van der Waals surface area contributed by atoms with Crippen LogP contribution in [-0.2, 0) is 19.9 Å². The van der Waals surface area contributed by atoms with Gasteiger partial charge in [0.1, 0.15) is 17.3 Å². The number of hydroxylamine groups is 1. The molecule has 0 fully saturated rings. The molecule has 0 amide bonds. The van der Waals surface area contributed by atoms with Gasteiger partial charge < -0.3 is 9.57 Å². The second-order valence-electron chi connectivity index (χ2n) is 5.59. The molecule has 2 aromatic rings. The van der Waals surface area contributed by atoms with Gasteiger partial charge in [-0.2, -0.15) is 0 Å². The number of halogens is 1. The summed E-state index contributed by atoms with van der Waals surface area (Å²) in [6, 6.07) is 11.7. The van der Waals surface area contributed by atoms with Crippen molar-refractivity contribution in [2.24, 2.45) is 4.99 Å². The summed E-state index contributed by atoms with van der Waals surface area (Å²) >= 11 is 5.97. The Morgan fingerprint density at radius 3 is 2.96 bits per heavy atom. The molecule has 2 heterocycles. The number of aliphatic imine (C=N–C) groups is 1. The molecule has 124 valence electrons. The van der Waals surface area contributed by atoms with Crippen LogP contribution < -0.4 is 5.48 Å². The molecule has 24 heavy (non-hydrogen) atoms. The topological polar surface area (TPSA) is 72.8 Å². The molecule has 1 atom stereocenters. The van der Waals surface area contributed by atoms with Gasteiger partial charge in [0.25, 0.3) is 0 Å². The summed E-state index contributed by atoms with van der Waals surface area (Å²) in [4.78, 5) is 23.5. The van der Waals surface area contributed by atoms with Crippen molar-refractivity contribution in [1.29, 1.82) is 0 Å². The predicted molar refractivity (Wildman–Crippen MR) is 90.6 cm³/mol. The van der Waals surface area contributed by atoms with Crippen LogP contribution >= 0.6 is 11.6 Å². The number of aromatic nitrogens is 1. The molecule has 1 aromatic carbocycles. The van der Waals surface area contributed by atoms with Gasteiger partial charge in [-0.15, -0.1) is 0 Å². The summed E-state index contributed by atoms with van der Waals surface area (Å²) in [5, 5.41) is 0.445. The van der Waals surface area contributed by atoms with Crippen molar-refractivity contribution in [3.8, 4) is 11.1 Å². The minimum atomic E-state index is -0.584. The maximum Gasteiger partial charge on any atom is 0.320 e. The quantitative estimate of drug-likeness (QED) is 0.524. The Bertz CT molecular complexity index is 781. The fraction of sp³-hybridized carbons (Fsp3) is 0.235. The second-order valence-corrected chi connectivity index (χ2v) is 5.98. The molecule has 1 aliphatic heterocycles. The summed E-state index contributed by atoms with van der Waals surface area (Å²) in [7, 11) is 0. The van der Waals surface area contributed by atoms with E-state index in [4.69, 9.17) is 16.3 Å². The third-order valence-electron chi connectivity index (χ3n) is 3.77. The molecule has 0 saturated carbocycles. The van der Waals surface area contributed by atoms with Crippen LogP contribution in [-0.4, -0.2) is 30.5 Å². The molecule has 1 aliphatic rings. The van der Waals surface area contributed by atoms with Gasteiger partial charge in [0.15, 0.2) is 5.84 Å². The van der Waals surface area contributed by atoms with Crippen molar-refractivity contribution < 1.29 is 14.4 Å². The standard InChI is InChI=1S/C17H16ClN3O3/c1-17(10-23-9-16(20-17)21-24-11-22)14-4-2-3-12(7-14)13-5-6-19-15(18)8-13/h2-8,11H,9-10H2,1H3,(H,20,21). The summed E-state index contributed by atoms with van der Waals surface area (Å²) in [5.74, 6) is 0.466. The largest absolute Gasteiger partial charge is 0.371 e. The van der Waals surface area contributed by atoms with Gasteiger partial charge in [-0.1, -0.05) is 29.8 Å². The molecule has 0 aliphatic carbocycles. The Kier molecular flexibility index (Phi) is 4.78. The first-order valence-corrected chi connectivity index (χ1v) is 7.73. The predicted octanol–water partition coefficient (Wildman–Crippen LogP) is 2.72. The Morgan fingerprint density at radius 2 is 2.17 bits per heavy atom. The molecular formula is C17H16ClN3O3. The summed E-state index contributed by atoms with van der Waals surface area (Å²) < 4.78 is 5.59. The molecule has 6 nitrogen and oxygen atoms in total. The highest BCUT2D eigenvalue weighted by Crippen LogP contribution is 2.31. The molecule has 0 bridgehead atoms. The summed E-state index contributed by atoms with van der Waals surface area (Å²) in [6.45, 7) is 2.97. The maximum atomic E-state index is 10.3. The number of hydrogen-bond acceptors (Lipinski definition) is 6. The molecule has 7 heteroatoms. The van der Waals surface area contributed by atoms with Crippen molar-refractivity contribution in [1.82, 2.24) is 10.5 Å². The van der Waals surface area contributed by atoms with Gasteiger partial charge in [0.05, 0.1) is 6.61 Å². The van der Waals surface area contributed by atoms with E-state index in [1.807, 2.05) is 43.3 Å². The van der Waals surface area contributed by atoms with Gasteiger partial charge in [-0.25, -0.2) is 10.5 Å². The van der Waals surface area contributed by atoms with E-state index in [0.29, 0.717) is 24.1 Å². The van der Waals surface area contributed by atoms with Crippen LogP contribution in [0.3, 0.4) is 0 Å². The van der Waals surface area contributed by atoms with E-state index in [1.165, 1.54) is 0 Å². The van der Waals surface area contributed by atoms with Gasteiger partial charge >= 0.3 is 6.47 Å². The van der Waals surface area contributed by atoms with Crippen LogP contribution in [0.1, 0.15) is 12.5 Å². The van der Waals surface area contributed by atoms with Crippen LogP contribution in [0.2, 0.25) is 5.15 Å². The number of carbonyl (C=O) groups is 1. The lowest BCUT2D eigenvalue weighted by Crippen LogP contribution is -2.40. The van der Waals surface area contributed by atoms with Crippen molar-refractivity contribution in [2.45, 2.75) is 12.5 Å². The molecular weight excluding hydrogens is 330 g/mol. The Labute approximate surface area is 144 Å². The molecule has 1 N–H and O–H groups in total. The van der Waals surface area contributed by atoms with E-state index in [1.54, 1.807) is 6.20 Å². The molecule has 0 spiro atoms. The number of carbonyl (C=O) groups excluding carboxylic acids is 1. The fourth-order valence-electron chi connectivity index (χ4n) is 2.62. The lowest BCUT2D eigenvalue weighted by molar-refractivity contribution is -0.132. The third-order valence-corrected chi connectivity index (χ3v) is 3.98. The van der Waals surface area contributed by atoms with E-state index < -0.39 is 5.54 Å².